The molecule has 4 aromatic rings. The van der Waals surface area contributed by atoms with E-state index in [-0.39, 0.29) is 5.91 Å². The van der Waals surface area contributed by atoms with Gasteiger partial charge in [0.2, 0.25) is 5.91 Å². The number of anilines is 2. The van der Waals surface area contributed by atoms with Crippen molar-refractivity contribution in [1.29, 1.82) is 0 Å². The minimum atomic E-state index is 0.00660. The van der Waals surface area contributed by atoms with Crippen LogP contribution in [0.25, 0.3) is 22.0 Å². The zero-order valence-electron chi connectivity index (χ0n) is 15.6. The summed E-state index contributed by atoms with van der Waals surface area (Å²) < 4.78 is 0. The summed E-state index contributed by atoms with van der Waals surface area (Å²) in [6, 6.07) is 14.2. The molecule has 0 spiro atoms. The normalized spacial score (nSPS) is 13.3. The highest BCUT2D eigenvalue weighted by molar-refractivity contribution is 6.34. The van der Waals surface area contributed by atoms with Gasteiger partial charge in [0.1, 0.15) is 5.82 Å². The van der Waals surface area contributed by atoms with Gasteiger partial charge in [-0.1, -0.05) is 29.8 Å². The van der Waals surface area contributed by atoms with Gasteiger partial charge in [0.15, 0.2) is 0 Å². The van der Waals surface area contributed by atoms with Crippen LogP contribution in [0, 0.1) is 0 Å². The van der Waals surface area contributed by atoms with Gasteiger partial charge in [-0.05, 0) is 47.4 Å². The molecule has 6 heteroatoms. The Balaban J connectivity index is 1.51. The number of halogens is 1. The van der Waals surface area contributed by atoms with Gasteiger partial charge in [-0.25, -0.2) is 0 Å². The molecule has 5 rings (SSSR count). The molecule has 0 saturated heterocycles. The number of carbonyl (C=O) groups excluding carboxylic acids is 1. The molecule has 0 aliphatic carbocycles. The number of H-pyrrole nitrogens is 1. The fraction of sp³-hybridized carbons (Fsp3) is 0.130. The second-order valence-corrected chi connectivity index (χ2v) is 7.77. The highest BCUT2D eigenvalue weighted by Crippen LogP contribution is 2.36. The lowest BCUT2D eigenvalue weighted by Crippen LogP contribution is -2.19. The summed E-state index contributed by atoms with van der Waals surface area (Å²) in [6.45, 7) is 0. The summed E-state index contributed by atoms with van der Waals surface area (Å²) in [5.41, 5.74) is 13.2. The number of benzene rings is 2. The van der Waals surface area contributed by atoms with E-state index in [1.165, 1.54) is 0 Å². The first-order chi connectivity index (χ1) is 14.1. The van der Waals surface area contributed by atoms with E-state index in [0.29, 0.717) is 30.1 Å². The molecule has 1 aliphatic rings. The van der Waals surface area contributed by atoms with Crippen LogP contribution in [0.1, 0.15) is 23.1 Å². The van der Waals surface area contributed by atoms with E-state index in [4.69, 9.17) is 17.3 Å². The molecule has 2 aromatic carbocycles. The van der Waals surface area contributed by atoms with Crippen molar-refractivity contribution in [2.75, 3.05) is 11.1 Å². The maximum Gasteiger partial charge on any atom is 0.224 e. The zero-order chi connectivity index (χ0) is 20.0. The molecule has 1 amide bonds. The van der Waals surface area contributed by atoms with Crippen molar-refractivity contribution in [2.24, 2.45) is 0 Å². The van der Waals surface area contributed by atoms with E-state index >= 15 is 0 Å². The number of rotatable bonds is 3. The van der Waals surface area contributed by atoms with Crippen molar-refractivity contribution in [3.8, 4) is 11.1 Å². The highest BCUT2D eigenvalue weighted by atomic mass is 35.5. The van der Waals surface area contributed by atoms with E-state index in [0.717, 1.165) is 44.4 Å². The maximum absolute atomic E-state index is 11.7. The first kappa shape index (κ1) is 17.8. The van der Waals surface area contributed by atoms with Crippen LogP contribution in [0.15, 0.2) is 54.9 Å². The lowest BCUT2D eigenvalue weighted by molar-refractivity contribution is -0.116. The minimum Gasteiger partial charge on any atom is -0.385 e. The van der Waals surface area contributed by atoms with Crippen molar-refractivity contribution >= 4 is 39.9 Å². The van der Waals surface area contributed by atoms with E-state index < -0.39 is 0 Å². The number of carbonyl (C=O) groups is 1. The Labute approximate surface area is 172 Å². The van der Waals surface area contributed by atoms with Gasteiger partial charge in [-0.15, -0.1) is 0 Å². The molecule has 1 aliphatic heterocycles. The lowest BCUT2D eigenvalue weighted by atomic mass is 9.96. The average Bonchev–Trinajstić information content (AvgIpc) is 3.04. The van der Waals surface area contributed by atoms with Gasteiger partial charge < -0.3 is 16.0 Å². The number of aromatic nitrogens is 2. The number of nitrogens with one attached hydrogen (secondary N) is 2. The lowest BCUT2D eigenvalue weighted by Gasteiger charge is -2.19. The van der Waals surface area contributed by atoms with Gasteiger partial charge in [0.05, 0.1) is 10.7 Å². The Morgan fingerprint density at radius 1 is 1.07 bits per heavy atom. The van der Waals surface area contributed by atoms with Crippen molar-refractivity contribution in [2.45, 2.75) is 19.3 Å². The number of nitrogens with zero attached hydrogens (tertiary/aromatic N) is 1. The third kappa shape index (κ3) is 3.23. The van der Waals surface area contributed by atoms with Crippen LogP contribution in [-0.4, -0.2) is 15.9 Å². The molecule has 5 nitrogen and oxygen atoms in total. The second kappa shape index (κ2) is 6.94. The second-order valence-electron chi connectivity index (χ2n) is 7.36. The van der Waals surface area contributed by atoms with Crippen LogP contribution in [0.2, 0.25) is 5.02 Å². The van der Waals surface area contributed by atoms with Gasteiger partial charge in [-0.3, -0.25) is 9.78 Å². The fourth-order valence-corrected chi connectivity index (χ4v) is 4.26. The number of hydrogen-bond acceptors (Lipinski definition) is 3. The SMILES string of the molecule is Nc1[nH]c2ccccc2c1Cc1cncc(-c2cc(Cl)c3c(c2)CCC(=O)N3)c1. The summed E-state index contributed by atoms with van der Waals surface area (Å²) >= 11 is 6.45. The summed E-state index contributed by atoms with van der Waals surface area (Å²) in [6.07, 6.45) is 5.55. The molecule has 0 radical (unpaired) electrons. The Bertz CT molecular complexity index is 1260. The van der Waals surface area contributed by atoms with Gasteiger partial charge in [0, 0.05) is 47.3 Å². The molecular weight excluding hydrogens is 384 g/mol. The topological polar surface area (TPSA) is 83.8 Å². The fourth-order valence-electron chi connectivity index (χ4n) is 3.98. The molecule has 4 N–H and O–H groups in total. The van der Waals surface area contributed by atoms with Gasteiger partial charge in [0.25, 0.3) is 0 Å². The van der Waals surface area contributed by atoms with Crippen molar-refractivity contribution in [3.63, 3.8) is 0 Å². The average molecular weight is 403 g/mol. The summed E-state index contributed by atoms with van der Waals surface area (Å²) in [4.78, 5) is 19.3. The maximum atomic E-state index is 11.7. The van der Waals surface area contributed by atoms with E-state index in [1.807, 2.05) is 36.7 Å². The van der Waals surface area contributed by atoms with Crippen LogP contribution in [0.5, 0.6) is 0 Å². The molecular formula is C23H19ClN4O. The molecule has 0 saturated carbocycles. The Morgan fingerprint density at radius 3 is 2.83 bits per heavy atom. The van der Waals surface area contributed by atoms with Gasteiger partial charge in [-0.2, -0.15) is 0 Å². The molecule has 0 fully saturated rings. The van der Waals surface area contributed by atoms with Crippen LogP contribution in [-0.2, 0) is 17.6 Å². The van der Waals surface area contributed by atoms with Gasteiger partial charge >= 0.3 is 0 Å². The first-order valence-corrected chi connectivity index (χ1v) is 9.88. The molecule has 0 bridgehead atoms. The quantitative estimate of drug-likeness (QED) is 0.453. The molecule has 0 atom stereocenters. The van der Waals surface area contributed by atoms with Crippen molar-refractivity contribution in [1.82, 2.24) is 9.97 Å². The number of amides is 1. The number of nitrogens with two attached hydrogens (primary N) is 1. The minimum absolute atomic E-state index is 0.00660. The number of hydrogen-bond donors (Lipinski definition) is 3. The number of pyridine rings is 1. The number of aromatic amines is 1. The first-order valence-electron chi connectivity index (χ1n) is 9.50. The Hall–Kier alpha value is -3.31. The zero-order valence-corrected chi connectivity index (χ0v) is 16.4. The predicted molar refractivity (Wildman–Crippen MR) is 117 cm³/mol. The van der Waals surface area contributed by atoms with E-state index in [2.05, 4.69) is 33.5 Å². The molecule has 3 heterocycles. The smallest absolute Gasteiger partial charge is 0.224 e. The number of para-hydroxylation sites is 1. The largest absolute Gasteiger partial charge is 0.385 e. The summed E-state index contributed by atoms with van der Waals surface area (Å²) in [7, 11) is 0. The molecule has 144 valence electrons. The number of fused-ring (bicyclic) bond motifs is 2. The highest BCUT2D eigenvalue weighted by Gasteiger charge is 2.19. The molecule has 29 heavy (non-hydrogen) atoms. The van der Waals surface area contributed by atoms with Crippen LogP contribution >= 0.6 is 11.6 Å². The predicted octanol–water partition coefficient (Wildman–Crippen LogP) is 4.94. The summed E-state index contributed by atoms with van der Waals surface area (Å²) in [5.74, 6) is 0.691. The summed E-state index contributed by atoms with van der Waals surface area (Å²) in [5, 5.41) is 4.55. The van der Waals surface area contributed by atoms with Crippen molar-refractivity contribution in [3.05, 3.63) is 76.6 Å². The van der Waals surface area contributed by atoms with Crippen molar-refractivity contribution < 1.29 is 4.79 Å². The van der Waals surface area contributed by atoms with Crippen LogP contribution < -0.4 is 11.1 Å². The monoisotopic (exact) mass is 402 g/mol. The number of aryl methyl sites for hydroxylation is 1. The third-order valence-electron chi connectivity index (χ3n) is 5.41. The third-order valence-corrected chi connectivity index (χ3v) is 5.71. The Kier molecular flexibility index (Phi) is 4.25. The molecule has 2 aromatic heterocycles. The number of nitrogen functional groups attached to an aromatic ring is 1. The van der Waals surface area contributed by atoms with Crippen LogP contribution in [0.3, 0.4) is 0 Å². The van der Waals surface area contributed by atoms with Crippen LogP contribution in [0.4, 0.5) is 11.5 Å². The standard InChI is InChI=1S/C23H19ClN4O/c24-19-10-15(9-14-5-6-21(29)28-22(14)19)16-7-13(11-26-12-16)8-18-17-3-1-2-4-20(17)27-23(18)25/h1-4,7,9-12,27H,5-6,8,25H2,(H,28,29). The van der Waals surface area contributed by atoms with E-state index in [1.54, 1.807) is 0 Å². The molecule has 0 unspecified atom stereocenters. The Morgan fingerprint density at radius 2 is 1.93 bits per heavy atom. The van der Waals surface area contributed by atoms with E-state index in [9.17, 15) is 4.79 Å².